The number of nitrogens with one attached hydrogen (secondary N) is 1. The number of amides is 4. The van der Waals surface area contributed by atoms with Crippen molar-refractivity contribution in [2.45, 2.75) is 33.8 Å². The maximum atomic E-state index is 13.2. The van der Waals surface area contributed by atoms with Crippen LogP contribution in [0, 0.1) is 6.92 Å². The standard InChI is InChI=1S/C23H22Cl2N2O5/c1-5-31-19-11-14(10-17(25)20(19)32-12(2)3)9-15-21(28)26-23(30)27(22(15)29)18-8-6-7-16(24)13(18)4/h6-12H,5H2,1-4H3,(H,26,28,30)/b15-9+. The van der Waals surface area contributed by atoms with Gasteiger partial charge in [0.15, 0.2) is 11.5 Å². The summed E-state index contributed by atoms with van der Waals surface area (Å²) in [4.78, 5) is 39.0. The predicted molar refractivity (Wildman–Crippen MR) is 124 cm³/mol. The summed E-state index contributed by atoms with van der Waals surface area (Å²) in [5.74, 6) is -0.840. The predicted octanol–water partition coefficient (Wildman–Crippen LogP) is 5.15. The van der Waals surface area contributed by atoms with Gasteiger partial charge in [0.05, 0.1) is 23.4 Å². The summed E-state index contributed by atoms with van der Waals surface area (Å²) in [6.45, 7) is 7.57. The molecule has 0 aliphatic carbocycles. The van der Waals surface area contributed by atoms with E-state index in [-0.39, 0.29) is 22.4 Å². The summed E-state index contributed by atoms with van der Waals surface area (Å²) in [5, 5.41) is 2.85. The zero-order chi connectivity index (χ0) is 23.6. The Morgan fingerprint density at radius 3 is 2.50 bits per heavy atom. The molecule has 1 saturated heterocycles. The van der Waals surface area contributed by atoms with E-state index in [1.54, 1.807) is 37.3 Å². The van der Waals surface area contributed by atoms with Crippen LogP contribution in [0.4, 0.5) is 10.5 Å². The number of carbonyl (C=O) groups is 3. The van der Waals surface area contributed by atoms with Crippen LogP contribution in [0.3, 0.4) is 0 Å². The molecule has 2 aromatic rings. The smallest absolute Gasteiger partial charge is 0.335 e. The van der Waals surface area contributed by atoms with Crippen molar-refractivity contribution in [2.24, 2.45) is 0 Å². The van der Waals surface area contributed by atoms with Gasteiger partial charge in [-0.15, -0.1) is 0 Å². The molecule has 0 spiro atoms. The Kier molecular flexibility index (Phi) is 7.11. The van der Waals surface area contributed by atoms with Crippen LogP contribution in [0.5, 0.6) is 11.5 Å². The lowest BCUT2D eigenvalue weighted by Gasteiger charge is -2.27. The van der Waals surface area contributed by atoms with Crippen molar-refractivity contribution in [3.05, 3.63) is 57.1 Å². The summed E-state index contributed by atoms with van der Waals surface area (Å²) in [6, 6.07) is 7.16. The number of hydrogen-bond donors (Lipinski definition) is 1. The minimum atomic E-state index is -0.851. The van der Waals surface area contributed by atoms with Gasteiger partial charge in [-0.05, 0) is 69.2 Å². The van der Waals surface area contributed by atoms with E-state index in [9.17, 15) is 14.4 Å². The van der Waals surface area contributed by atoms with Crippen LogP contribution >= 0.6 is 23.2 Å². The number of hydrogen-bond acceptors (Lipinski definition) is 5. The molecule has 0 unspecified atom stereocenters. The highest BCUT2D eigenvalue weighted by Crippen LogP contribution is 2.38. The number of imide groups is 2. The summed E-state index contributed by atoms with van der Waals surface area (Å²) >= 11 is 12.5. The van der Waals surface area contributed by atoms with Crippen LogP contribution in [0.1, 0.15) is 31.9 Å². The number of rotatable bonds is 6. The molecule has 168 valence electrons. The van der Waals surface area contributed by atoms with Crippen LogP contribution in [-0.2, 0) is 9.59 Å². The first-order valence-corrected chi connectivity index (χ1v) is 10.7. The molecule has 1 N–H and O–H groups in total. The molecule has 0 aromatic heterocycles. The molecular weight excluding hydrogens is 455 g/mol. The molecule has 0 radical (unpaired) electrons. The lowest BCUT2D eigenvalue weighted by molar-refractivity contribution is -0.122. The average molecular weight is 477 g/mol. The van der Waals surface area contributed by atoms with Crippen molar-refractivity contribution in [1.82, 2.24) is 5.32 Å². The molecule has 7 nitrogen and oxygen atoms in total. The molecule has 0 bridgehead atoms. The second kappa shape index (κ2) is 9.63. The topological polar surface area (TPSA) is 84.9 Å². The molecule has 1 aliphatic rings. The number of urea groups is 1. The fourth-order valence-corrected chi connectivity index (χ4v) is 3.60. The minimum absolute atomic E-state index is 0.137. The minimum Gasteiger partial charge on any atom is -0.490 e. The second-order valence-corrected chi connectivity index (χ2v) is 8.09. The van der Waals surface area contributed by atoms with Gasteiger partial charge >= 0.3 is 6.03 Å². The van der Waals surface area contributed by atoms with Gasteiger partial charge in [-0.25, -0.2) is 9.69 Å². The van der Waals surface area contributed by atoms with Gasteiger partial charge in [0, 0.05) is 5.02 Å². The Morgan fingerprint density at radius 1 is 1.12 bits per heavy atom. The first kappa shape index (κ1) is 23.6. The zero-order valence-electron chi connectivity index (χ0n) is 18.0. The van der Waals surface area contributed by atoms with Gasteiger partial charge in [-0.1, -0.05) is 29.3 Å². The van der Waals surface area contributed by atoms with E-state index >= 15 is 0 Å². The van der Waals surface area contributed by atoms with Crippen LogP contribution in [0.2, 0.25) is 10.0 Å². The maximum Gasteiger partial charge on any atom is 0.335 e. The number of halogens is 2. The quantitative estimate of drug-likeness (QED) is 0.459. The Labute approximate surface area is 195 Å². The highest BCUT2D eigenvalue weighted by molar-refractivity contribution is 6.40. The molecule has 3 rings (SSSR count). The fraction of sp³-hybridized carbons (Fsp3) is 0.261. The van der Waals surface area contributed by atoms with E-state index in [1.165, 1.54) is 6.08 Å². The number of ether oxygens (including phenoxy) is 2. The molecule has 0 atom stereocenters. The van der Waals surface area contributed by atoms with E-state index in [0.29, 0.717) is 34.3 Å². The first-order valence-electron chi connectivity index (χ1n) is 9.93. The molecular formula is C23H22Cl2N2O5. The van der Waals surface area contributed by atoms with Gasteiger partial charge in [-0.3, -0.25) is 14.9 Å². The van der Waals surface area contributed by atoms with Crippen molar-refractivity contribution in [2.75, 3.05) is 11.5 Å². The SMILES string of the molecule is CCOc1cc(/C=C2\C(=O)NC(=O)N(c3cccc(Cl)c3C)C2=O)cc(Cl)c1OC(C)C. The Morgan fingerprint density at radius 2 is 1.84 bits per heavy atom. The number of barbiturate groups is 1. The highest BCUT2D eigenvalue weighted by atomic mass is 35.5. The molecule has 2 aromatic carbocycles. The van der Waals surface area contributed by atoms with Gasteiger partial charge in [0.1, 0.15) is 5.57 Å². The molecule has 1 heterocycles. The molecule has 32 heavy (non-hydrogen) atoms. The first-order chi connectivity index (χ1) is 15.1. The van der Waals surface area contributed by atoms with Crippen LogP contribution in [-0.4, -0.2) is 30.6 Å². The summed E-state index contributed by atoms with van der Waals surface area (Å²) in [6.07, 6.45) is 1.21. The van der Waals surface area contributed by atoms with Crippen LogP contribution in [0.15, 0.2) is 35.9 Å². The van der Waals surface area contributed by atoms with E-state index in [0.717, 1.165) is 4.90 Å². The second-order valence-electron chi connectivity index (χ2n) is 7.27. The summed E-state index contributed by atoms with van der Waals surface area (Å²) in [5.41, 5.74) is 1.01. The lowest BCUT2D eigenvalue weighted by Crippen LogP contribution is -2.54. The van der Waals surface area contributed by atoms with Gasteiger partial charge in [-0.2, -0.15) is 0 Å². The molecule has 4 amide bonds. The number of nitrogens with zero attached hydrogens (tertiary/aromatic N) is 1. The molecule has 0 saturated carbocycles. The highest BCUT2D eigenvalue weighted by Gasteiger charge is 2.37. The van der Waals surface area contributed by atoms with Crippen LogP contribution in [0.25, 0.3) is 6.08 Å². The molecule has 1 fully saturated rings. The van der Waals surface area contributed by atoms with E-state index in [4.69, 9.17) is 32.7 Å². The third-order valence-electron chi connectivity index (χ3n) is 4.58. The van der Waals surface area contributed by atoms with Crippen LogP contribution < -0.4 is 19.7 Å². The van der Waals surface area contributed by atoms with E-state index in [2.05, 4.69) is 5.32 Å². The summed E-state index contributed by atoms with van der Waals surface area (Å²) in [7, 11) is 0. The van der Waals surface area contributed by atoms with Crippen molar-refractivity contribution < 1.29 is 23.9 Å². The largest absolute Gasteiger partial charge is 0.490 e. The number of benzene rings is 2. The van der Waals surface area contributed by atoms with Crippen molar-refractivity contribution >= 4 is 52.8 Å². The van der Waals surface area contributed by atoms with Gasteiger partial charge in [0.2, 0.25) is 0 Å². The van der Waals surface area contributed by atoms with Crippen molar-refractivity contribution in [3.8, 4) is 11.5 Å². The maximum absolute atomic E-state index is 13.2. The lowest BCUT2D eigenvalue weighted by atomic mass is 10.1. The van der Waals surface area contributed by atoms with E-state index < -0.39 is 17.8 Å². The van der Waals surface area contributed by atoms with Gasteiger partial charge < -0.3 is 9.47 Å². The third-order valence-corrected chi connectivity index (χ3v) is 5.27. The number of carbonyl (C=O) groups excluding carboxylic acids is 3. The summed E-state index contributed by atoms with van der Waals surface area (Å²) < 4.78 is 11.4. The average Bonchev–Trinajstić information content (AvgIpc) is 2.71. The Hall–Kier alpha value is -3.03. The van der Waals surface area contributed by atoms with E-state index in [1.807, 2.05) is 20.8 Å². The van der Waals surface area contributed by atoms with Gasteiger partial charge in [0.25, 0.3) is 11.8 Å². The fourth-order valence-electron chi connectivity index (χ4n) is 3.17. The third kappa shape index (κ3) is 4.74. The number of anilines is 1. The zero-order valence-corrected chi connectivity index (χ0v) is 19.5. The Balaban J connectivity index is 2.07. The Bertz CT molecular complexity index is 1130. The van der Waals surface area contributed by atoms with Crippen molar-refractivity contribution in [1.29, 1.82) is 0 Å². The molecule has 1 aliphatic heterocycles. The monoisotopic (exact) mass is 476 g/mol. The van der Waals surface area contributed by atoms with Crippen molar-refractivity contribution in [3.63, 3.8) is 0 Å². The molecule has 9 heteroatoms. The normalized spacial score (nSPS) is 15.4.